The number of unbranched alkanes of at least 4 members (excludes halogenated alkanes) is 1. The van der Waals surface area contributed by atoms with Crippen LogP contribution in [0.4, 0.5) is 0 Å². The van der Waals surface area contributed by atoms with Crippen LogP contribution in [-0.4, -0.2) is 20.7 Å². The molecule has 0 N–H and O–H groups in total. The van der Waals surface area contributed by atoms with Crippen LogP contribution in [0.5, 0.6) is 0 Å². The van der Waals surface area contributed by atoms with Crippen LogP contribution in [0.1, 0.15) is 35.9 Å². The molecule has 130 valence electrons. The Morgan fingerprint density at radius 3 is 3.00 bits per heavy atom. The van der Waals surface area contributed by atoms with Gasteiger partial charge in [-0.25, -0.2) is 14.5 Å². The summed E-state index contributed by atoms with van der Waals surface area (Å²) in [7, 11) is 0. The molecule has 0 aliphatic heterocycles. The second-order valence-electron chi connectivity index (χ2n) is 5.33. The molecule has 0 aliphatic rings. The van der Waals surface area contributed by atoms with Crippen LogP contribution in [0.3, 0.4) is 0 Å². The zero-order valence-electron chi connectivity index (χ0n) is 13.7. The molecule has 0 amide bonds. The van der Waals surface area contributed by atoms with Gasteiger partial charge in [0.15, 0.2) is 16.5 Å². The summed E-state index contributed by atoms with van der Waals surface area (Å²) in [5.74, 6) is 0.0880. The third kappa shape index (κ3) is 4.21. The molecule has 3 aromatic heterocycles. The van der Waals surface area contributed by atoms with Gasteiger partial charge >= 0.3 is 5.97 Å². The van der Waals surface area contributed by atoms with E-state index in [9.17, 15) is 9.59 Å². The van der Waals surface area contributed by atoms with Gasteiger partial charge in [0.2, 0.25) is 0 Å². The molecule has 0 aliphatic carbocycles. The maximum absolute atomic E-state index is 12.1. The van der Waals surface area contributed by atoms with E-state index in [2.05, 4.69) is 10.1 Å². The lowest BCUT2D eigenvalue weighted by Gasteiger charge is -2.06. The van der Waals surface area contributed by atoms with E-state index < -0.39 is 5.97 Å². The first-order valence-corrected chi connectivity index (χ1v) is 8.79. The Morgan fingerprint density at radius 2 is 2.24 bits per heavy atom. The molecule has 0 bridgehead atoms. The highest BCUT2D eigenvalue weighted by atomic mass is 32.1. The predicted molar refractivity (Wildman–Crippen MR) is 92.3 cm³/mol. The average Bonchev–Trinajstić information content (AvgIpc) is 3.30. The first-order chi connectivity index (χ1) is 12.2. The van der Waals surface area contributed by atoms with Gasteiger partial charge in [-0.3, -0.25) is 4.79 Å². The fraction of sp³-hybridized carbons (Fsp3) is 0.294. The second-order valence-corrected chi connectivity index (χ2v) is 6.19. The van der Waals surface area contributed by atoms with Crippen LogP contribution in [0.25, 0.3) is 10.8 Å². The Balaban J connectivity index is 1.64. The molecule has 3 rings (SSSR count). The number of carbonyl (C=O) groups excluding carboxylic acids is 1. The van der Waals surface area contributed by atoms with Crippen molar-refractivity contribution in [3.05, 3.63) is 57.7 Å². The van der Waals surface area contributed by atoms with Gasteiger partial charge in [0.1, 0.15) is 6.61 Å². The molecule has 0 saturated heterocycles. The summed E-state index contributed by atoms with van der Waals surface area (Å²) in [6, 6.07) is 6.31. The lowest BCUT2D eigenvalue weighted by molar-refractivity contribution is 0.0458. The molecule has 0 spiro atoms. The predicted octanol–water partition coefficient (Wildman–Crippen LogP) is 3.12. The number of hydrogen-bond donors (Lipinski definition) is 0. The average molecular weight is 359 g/mol. The molecule has 0 fully saturated rings. The number of aromatic nitrogens is 3. The van der Waals surface area contributed by atoms with Gasteiger partial charge in [0.05, 0.1) is 12.0 Å². The minimum Gasteiger partial charge on any atom is -0.462 e. The monoisotopic (exact) mass is 359 g/mol. The Kier molecular flexibility index (Phi) is 5.39. The highest BCUT2D eigenvalue weighted by Gasteiger charge is 2.13. The summed E-state index contributed by atoms with van der Waals surface area (Å²) in [6.07, 6.45) is 3.33. The Labute approximate surface area is 147 Å². The molecule has 7 nitrogen and oxygen atoms in total. The van der Waals surface area contributed by atoms with Crippen molar-refractivity contribution < 1.29 is 13.9 Å². The largest absolute Gasteiger partial charge is 0.462 e. The standard InChI is InChI=1S/C17H17N3O4S/c1-2-3-8-20-15(21)7-6-13(19-20)17(22)24-10-12-11-25-16(18-12)14-5-4-9-23-14/h4-7,9,11H,2-3,8,10H2,1H3. The molecule has 0 aromatic carbocycles. The van der Waals surface area contributed by atoms with E-state index in [1.807, 2.05) is 13.0 Å². The van der Waals surface area contributed by atoms with Crippen molar-refractivity contribution in [1.29, 1.82) is 0 Å². The van der Waals surface area contributed by atoms with E-state index in [4.69, 9.17) is 9.15 Å². The fourth-order valence-corrected chi connectivity index (χ4v) is 2.90. The van der Waals surface area contributed by atoms with Crippen molar-refractivity contribution >= 4 is 17.3 Å². The van der Waals surface area contributed by atoms with E-state index >= 15 is 0 Å². The van der Waals surface area contributed by atoms with Gasteiger partial charge in [0.25, 0.3) is 5.56 Å². The third-order valence-electron chi connectivity index (χ3n) is 3.43. The number of esters is 1. The summed E-state index contributed by atoms with van der Waals surface area (Å²) in [6.45, 7) is 2.54. The lowest BCUT2D eigenvalue weighted by atomic mass is 10.3. The summed E-state index contributed by atoms with van der Waals surface area (Å²) >= 11 is 1.41. The van der Waals surface area contributed by atoms with Crippen LogP contribution < -0.4 is 5.56 Å². The van der Waals surface area contributed by atoms with Gasteiger partial charge in [-0.1, -0.05) is 13.3 Å². The Morgan fingerprint density at radius 1 is 1.36 bits per heavy atom. The Bertz CT molecular complexity index is 899. The van der Waals surface area contributed by atoms with Crippen molar-refractivity contribution in [2.45, 2.75) is 32.9 Å². The van der Waals surface area contributed by atoms with Crippen molar-refractivity contribution in [3.8, 4) is 10.8 Å². The fourth-order valence-electron chi connectivity index (χ4n) is 2.13. The maximum Gasteiger partial charge on any atom is 0.359 e. The van der Waals surface area contributed by atoms with Crippen LogP contribution in [0.2, 0.25) is 0 Å². The van der Waals surface area contributed by atoms with Crippen LogP contribution >= 0.6 is 11.3 Å². The molecular weight excluding hydrogens is 342 g/mol. The smallest absolute Gasteiger partial charge is 0.359 e. The molecule has 0 unspecified atom stereocenters. The lowest BCUT2D eigenvalue weighted by Crippen LogP contribution is -2.25. The zero-order valence-corrected chi connectivity index (χ0v) is 14.5. The van der Waals surface area contributed by atoms with Gasteiger partial charge in [-0.2, -0.15) is 5.10 Å². The molecule has 0 saturated carbocycles. The van der Waals surface area contributed by atoms with Crippen LogP contribution in [0.15, 0.2) is 45.1 Å². The number of nitrogens with zero attached hydrogens (tertiary/aromatic N) is 3. The summed E-state index contributed by atoms with van der Waals surface area (Å²) < 4.78 is 11.8. The van der Waals surface area contributed by atoms with Crippen LogP contribution in [-0.2, 0) is 17.9 Å². The first-order valence-electron chi connectivity index (χ1n) is 7.91. The molecule has 3 heterocycles. The maximum atomic E-state index is 12.1. The van der Waals surface area contributed by atoms with Gasteiger partial charge in [-0.05, 0) is 24.6 Å². The molecule has 8 heteroatoms. The highest BCUT2D eigenvalue weighted by molar-refractivity contribution is 7.13. The third-order valence-corrected chi connectivity index (χ3v) is 4.34. The zero-order chi connectivity index (χ0) is 17.6. The minimum atomic E-state index is -0.585. The number of hydrogen-bond acceptors (Lipinski definition) is 7. The SMILES string of the molecule is CCCCn1nc(C(=O)OCc2csc(-c3ccco3)n2)ccc1=O. The minimum absolute atomic E-state index is 0.0335. The number of furan rings is 1. The molecule has 25 heavy (non-hydrogen) atoms. The van der Waals surface area contributed by atoms with E-state index in [1.165, 1.54) is 28.2 Å². The van der Waals surface area contributed by atoms with E-state index in [1.54, 1.807) is 17.7 Å². The van der Waals surface area contributed by atoms with Gasteiger partial charge in [-0.15, -0.1) is 11.3 Å². The van der Waals surface area contributed by atoms with E-state index in [0.29, 0.717) is 18.0 Å². The summed E-state index contributed by atoms with van der Waals surface area (Å²) in [5, 5.41) is 6.60. The van der Waals surface area contributed by atoms with E-state index in [0.717, 1.165) is 17.8 Å². The van der Waals surface area contributed by atoms with Crippen molar-refractivity contribution in [1.82, 2.24) is 14.8 Å². The normalized spacial score (nSPS) is 10.8. The molecular formula is C17H17N3O4S. The number of rotatable bonds is 7. The van der Waals surface area contributed by atoms with Crippen molar-refractivity contribution in [3.63, 3.8) is 0 Å². The molecule has 3 aromatic rings. The Hall–Kier alpha value is -2.74. The highest BCUT2D eigenvalue weighted by Crippen LogP contribution is 2.24. The molecule has 0 atom stereocenters. The second kappa shape index (κ2) is 7.89. The topological polar surface area (TPSA) is 87.2 Å². The van der Waals surface area contributed by atoms with Crippen molar-refractivity contribution in [2.24, 2.45) is 0 Å². The van der Waals surface area contributed by atoms with Gasteiger partial charge in [0, 0.05) is 18.0 Å². The van der Waals surface area contributed by atoms with E-state index in [-0.39, 0.29) is 17.9 Å². The number of carbonyl (C=O) groups is 1. The van der Waals surface area contributed by atoms with Crippen molar-refractivity contribution in [2.75, 3.05) is 0 Å². The molecule has 0 radical (unpaired) electrons. The number of thiazole rings is 1. The van der Waals surface area contributed by atoms with Crippen LogP contribution in [0, 0.1) is 0 Å². The number of aryl methyl sites for hydroxylation is 1. The van der Waals surface area contributed by atoms with Gasteiger partial charge < -0.3 is 9.15 Å². The summed E-state index contributed by atoms with van der Waals surface area (Å²) in [5.41, 5.74) is 0.508. The summed E-state index contributed by atoms with van der Waals surface area (Å²) in [4.78, 5) is 28.2. The quantitative estimate of drug-likeness (QED) is 0.602. The first kappa shape index (κ1) is 17.1. The number of ether oxygens (including phenoxy) is 1.